The van der Waals surface area contributed by atoms with Gasteiger partial charge in [-0.1, -0.05) is 0 Å². The van der Waals surface area contributed by atoms with Gasteiger partial charge in [-0.05, 0) is 20.8 Å². The quantitative estimate of drug-likeness (QED) is 0.395. The van der Waals surface area contributed by atoms with Gasteiger partial charge in [0.25, 0.3) is 0 Å². The molecule has 1 aromatic rings. The van der Waals surface area contributed by atoms with Crippen LogP contribution in [0.15, 0.2) is 6.07 Å². The summed E-state index contributed by atoms with van der Waals surface area (Å²) < 4.78 is 62.7. The summed E-state index contributed by atoms with van der Waals surface area (Å²) in [6, 6.07) is -1.02. The molecule has 1 aromatic carbocycles. The lowest BCUT2D eigenvalue weighted by Crippen LogP contribution is -2.43. The largest absolute Gasteiger partial charge is 0.485 e. The number of hydrogen-bond acceptors (Lipinski definition) is 5. The summed E-state index contributed by atoms with van der Waals surface area (Å²) in [5.74, 6) is -7.98. The van der Waals surface area contributed by atoms with E-state index in [1.807, 2.05) is 0 Å². The van der Waals surface area contributed by atoms with Crippen molar-refractivity contribution in [2.24, 2.45) is 5.73 Å². The van der Waals surface area contributed by atoms with Gasteiger partial charge in [0.15, 0.2) is 23.7 Å². The zero-order valence-electron chi connectivity index (χ0n) is 13.5. The molecule has 0 bridgehead atoms. The topological polar surface area (TPSA) is 84.9 Å². The molecule has 2 unspecified atom stereocenters. The zero-order chi connectivity index (χ0) is 18.7. The normalized spacial score (nSPS) is 15.9. The third-order valence-corrected chi connectivity index (χ3v) is 2.93. The molecule has 0 aliphatic rings. The highest BCUT2D eigenvalue weighted by molar-refractivity contribution is 5.28. The molecule has 9 heteroatoms. The van der Waals surface area contributed by atoms with Gasteiger partial charge in [-0.25, -0.2) is 8.78 Å². The van der Waals surface area contributed by atoms with Crippen molar-refractivity contribution >= 4 is 0 Å². The first-order valence-corrected chi connectivity index (χ1v) is 7.17. The molecule has 0 aromatic heterocycles. The van der Waals surface area contributed by atoms with Crippen LogP contribution in [0, 0.1) is 23.3 Å². The Hall–Kier alpha value is -1.42. The maximum absolute atomic E-state index is 13.4. The Balaban J connectivity index is 2.65. The Bertz CT molecular complexity index is 539. The van der Waals surface area contributed by atoms with Gasteiger partial charge in [-0.2, -0.15) is 8.78 Å². The van der Waals surface area contributed by atoms with Crippen molar-refractivity contribution in [3.8, 4) is 5.75 Å². The van der Waals surface area contributed by atoms with Gasteiger partial charge >= 0.3 is 0 Å². The van der Waals surface area contributed by atoms with E-state index in [1.165, 1.54) is 0 Å². The molecule has 0 saturated heterocycles. The second kappa shape index (κ2) is 8.11. The first-order valence-electron chi connectivity index (χ1n) is 7.17. The van der Waals surface area contributed by atoms with Crippen LogP contribution in [-0.4, -0.2) is 40.9 Å². The minimum atomic E-state index is -1.72. The molecular weight excluding hydrogens is 334 g/mol. The molecule has 0 radical (unpaired) electrons. The maximum Gasteiger partial charge on any atom is 0.203 e. The van der Waals surface area contributed by atoms with E-state index >= 15 is 0 Å². The second-order valence-electron chi connectivity index (χ2n) is 6.26. The van der Waals surface area contributed by atoms with E-state index in [2.05, 4.69) is 4.74 Å². The highest BCUT2D eigenvalue weighted by Gasteiger charge is 2.25. The molecular formula is C15H21F4NO4. The van der Waals surface area contributed by atoms with Crippen molar-refractivity contribution in [3.63, 3.8) is 0 Å². The van der Waals surface area contributed by atoms with Crippen molar-refractivity contribution in [2.45, 2.75) is 51.2 Å². The predicted octanol–water partition coefficient (Wildman–Crippen LogP) is 1.83. The summed E-state index contributed by atoms with van der Waals surface area (Å²) in [7, 11) is 0. The molecule has 3 atom stereocenters. The fourth-order valence-corrected chi connectivity index (χ4v) is 1.82. The molecule has 0 fully saturated rings. The molecule has 24 heavy (non-hydrogen) atoms. The number of ether oxygens (including phenoxy) is 2. The van der Waals surface area contributed by atoms with E-state index in [1.54, 1.807) is 20.8 Å². The van der Waals surface area contributed by atoms with Crippen LogP contribution >= 0.6 is 0 Å². The minimum absolute atomic E-state index is 0.0416. The highest BCUT2D eigenvalue weighted by atomic mass is 19.2. The van der Waals surface area contributed by atoms with Crippen LogP contribution in [0.2, 0.25) is 0 Å². The molecule has 138 valence electrons. The molecule has 0 aliphatic carbocycles. The third kappa shape index (κ3) is 5.90. The second-order valence-corrected chi connectivity index (χ2v) is 6.26. The standard InChI is InChI=1S/C15H21F4NO4/c1-15(2,3)24-11(22)5-9(20)10(21)6-23-14-12(18)7(16)4-8(17)13(14)19/h4,9-11,21-22H,5-6,20H2,1-3H3/t9-,10?,11?/m0/s1. The Morgan fingerprint density at radius 2 is 1.58 bits per heavy atom. The number of halogens is 4. The van der Waals surface area contributed by atoms with Crippen LogP contribution in [0.1, 0.15) is 27.2 Å². The van der Waals surface area contributed by atoms with E-state index in [0.717, 1.165) is 0 Å². The van der Waals surface area contributed by atoms with Crippen molar-refractivity contribution in [3.05, 3.63) is 29.3 Å². The number of aliphatic hydroxyl groups is 2. The zero-order valence-corrected chi connectivity index (χ0v) is 13.5. The summed E-state index contributed by atoms with van der Waals surface area (Å²) in [4.78, 5) is 0. The highest BCUT2D eigenvalue weighted by Crippen LogP contribution is 2.26. The van der Waals surface area contributed by atoms with E-state index in [4.69, 9.17) is 10.5 Å². The number of rotatable bonds is 7. The number of nitrogens with two attached hydrogens (primary N) is 1. The van der Waals surface area contributed by atoms with Gasteiger partial charge in [-0.3, -0.25) is 0 Å². The van der Waals surface area contributed by atoms with Gasteiger partial charge in [-0.15, -0.1) is 0 Å². The first kappa shape index (κ1) is 20.6. The fraction of sp³-hybridized carbons (Fsp3) is 0.600. The molecule has 0 amide bonds. The average molecular weight is 355 g/mol. The maximum atomic E-state index is 13.4. The summed E-state index contributed by atoms with van der Waals surface area (Å²) in [6.07, 6.45) is -2.94. The van der Waals surface area contributed by atoms with Gasteiger partial charge in [0.2, 0.25) is 11.6 Å². The molecule has 0 spiro atoms. The fourth-order valence-electron chi connectivity index (χ4n) is 1.82. The van der Waals surface area contributed by atoms with E-state index < -0.39 is 59.7 Å². The van der Waals surface area contributed by atoms with Crippen molar-refractivity contribution in [1.29, 1.82) is 0 Å². The summed E-state index contributed by atoms with van der Waals surface area (Å²) in [5.41, 5.74) is 4.98. The molecule has 0 aliphatic heterocycles. The summed E-state index contributed by atoms with van der Waals surface area (Å²) >= 11 is 0. The number of benzene rings is 1. The number of hydrogen-bond donors (Lipinski definition) is 3. The Morgan fingerprint density at radius 3 is 2.04 bits per heavy atom. The molecule has 0 saturated carbocycles. The smallest absolute Gasteiger partial charge is 0.203 e. The average Bonchev–Trinajstić information content (AvgIpc) is 2.42. The lowest BCUT2D eigenvalue weighted by atomic mass is 10.1. The predicted molar refractivity (Wildman–Crippen MR) is 77.2 cm³/mol. The van der Waals surface area contributed by atoms with Crippen LogP contribution in [0.3, 0.4) is 0 Å². The van der Waals surface area contributed by atoms with E-state index in [-0.39, 0.29) is 12.5 Å². The molecule has 5 nitrogen and oxygen atoms in total. The van der Waals surface area contributed by atoms with Crippen LogP contribution in [0.4, 0.5) is 17.6 Å². The monoisotopic (exact) mass is 355 g/mol. The number of aliphatic hydroxyl groups excluding tert-OH is 2. The van der Waals surface area contributed by atoms with Crippen molar-refractivity contribution in [2.75, 3.05) is 6.61 Å². The van der Waals surface area contributed by atoms with Gasteiger partial charge in [0.1, 0.15) is 12.7 Å². The van der Waals surface area contributed by atoms with E-state index in [0.29, 0.717) is 0 Å². The minimum Gasteiger partial charge on any atom is -0.485 e. The molecule has 1 rings (SSSR count). The molecule has 0 heterocycles. The molecule has 4 N–H and O–H groups in total. The van der Waals surface area contributed by atoms with Crippen molar-refractivity contribution in [1.82, 2.24) is 0 Å². The van der Waals surface area contributed by atoms with Gasteiger partial charge in [0, 0.05) is 18.5 Å². The third-order valence-electron chi connectivity index (χ3n) is 2.93. The Kier molecular flexibility index (Phi) is 6.97. The van der Waals surface area contributed by atoms with E-state index in [9.17, 15) is 27.8 Å². The van der Waals surface area contributed by atoms with Gasteiger partial charge < -0.3 is 25.4 Å². The summed E-state index contributed by atoms with van der Waals surface area (Å²) in [5, 5.41) is 19.5. The van der Waals surface area contributed by atoms with Crippen molar-refractivity contribution < 1.29 is 37.2 Å². The summed E-state index contributed by atoms with van der Waals surface area (Å²) in [6.45, 7) is 4.36. The van der Waals surface area contributed by atoms with Crippen LogP contribution in [0.5, 0.6) is 5.75 Å². The lowest BCUT2D eigenvalue weighted by molar-refractivity contribution is -0.173. The van der Waals surface area contributed by atoms with Crippen LogP contribution in [-0.2, 0) is 4.74 Å². The first-order chi connectivity index (χ1) is 10.9. The SMILES string of the molecule is CC(C)(C)OC(O)C[C@H](N)C(O)COc1c(F)c(F)cc(F)c1F. The van der Waals surface area contributed by atoms with Crippen LogP contribution in [0.25, 0.3) is 0 Å². The lowest BCUT2D eigenvalue weighted by Gasteiger charge is -2.27. The van der Waals surface area contributed by atoms with Gasteiger partial charge in [0.05, 0.1) is 5.60 Å². The Labute approximate surface area is 137 Å². The van der Waals surface area contributed by atoms with Crippen LogP contribution < -0.4 is 10.5 Å². The Morgan fingerprint density at radius 1 is 1.08 bits per heavy atom.